The van der Waals surface area contributed by atoms with E-state index in [2.05, 4.69) is 10.0 Å². The highest BCUT2D eigenvalue weighted by Gasteiger charge is 2.18. The van der Waals surface area contributed by atoms with Gasteiger partial charge in [-0.15, -0.1) is 0 Å². The maximum Gasteiger partial charge on any atom is 0.242 e. The third kappa shape index (κ3) is 5.81. The molecule has 132 valence electrons. The maximum atomic E-state index is 13.5. The molecular formula is C18H19FN2O3S. The van der Waals surface area contributed by atoms with Crippen molar-refractivity contribution in [1.82, 2.24) is 4.72 Å². The molecule has 1 amide bonds. The number of hydrogen-bond donors (Lipinski definition) is 2. The Morgan fingerprint density at radius 3 is 2.48 bits per heavy atom. The molecule has 0 saturated carbocycles. The summed E-state index contributed by atoms with van der Waals surface area (Å²) in [5, 5.41) is 3.47. The van der Waals surface area contributed by atoms with Crippen LogP contribution in [0.2, 0.25) is 0 Å². The fourth-order valence-electron chi connectivity index (χ4n) is 1.99. The lowest BCUT2D eigenvalue weighted by Crippen LogP contribution is -2.40. The molecule has 0 aliphatic carbocycles. The molecule has 0 spiro atoms. The van der Waals surface area contributed by atoms with Crippen molar-refractivity contribution < 1.29 is 17.6 Å². The number of benzene rings is 2. The van der Waals surface area contributed by atoms with Crippen molar-refractivity contribution >= 4 is 27.7 Å². The zero-order valence-electron chi connectivity index (χ0n) is 13.9. The SMILES string of the molecule is Cc1ccc(NC(=O)C(C)NS(=O)(=O)C=Cc2ccccc2)cc1F. The normalized spacial score (nSPS) is 12.9. The summed E-state index contributed by atoms with van der Waals surface area (Å²) in [4.78, 5) is 12.1. The van der Waals surface area contributed by atoms with Gasteiger partial charge in [-0.3, -0.25) is 4.79 Å². The van der Waals surface area contributed by atoms with Gasteiger partial charge in [0.25, 0.3) is 0 Å². The Labute approximate surface area is 146 Å². The summed E-state index contributed by atoms with van der Waals surface area (Å²) >= 11 is 0. The minimum atomic E-state index is -3.80. The fraction of sp³-hybridized carbons (Fsp3) is 0.167. The highest BCUT2D eigenvalue weighted by molar-refractivity contribution is 7.92. The molecule has 2 rings (SSSR count). The molecule has 0 aliphatic rings. The quantitative estimate of drug-likeness (QED) is 0.829. The van der Waals surface area contributed by atoms with E-state index < -0.39 is 27.8 Å². The van der Waals surface area contributed by atoms with Gasteiger partial charge in [-0.05, 0) is 43.2 Å². The number of amides is 1. The van der Waals surface area contributed by atoms with Gasteiger partial charge in [0, 0.05) is 11.1 Å². The number of carbonyl (C=O) groups is 1. The van der Waals surface area contributed by atoms with Crippen LogP contribution in [0.3, 0.4) is 0 Å². The predicted octanol–water partition coefficient (Wildman–Crippen LogP) is 3.05. The van der Waals surface area contributed by atoms with Gasteiger partial charge in [0.2, 0.25) is 15.9 Å². The summed E-state index contributed by atoms with van der Waals surface area (Å²) in [6, 6.07) is 12.2. The number of hydrogen-bond acceptors (Lipinski definition) is 3. The first kappa shape index (κ1) is 18.8. The van der Waals surface area contributed by atoms with Gasteiger partial charge in [-0.1, -0.05) is 36.4 Å². The van der Waals surface area contributed by atoms with Crippen LogP contribution in [0.4, 0.5) is 10.1 Å². The maximum absolute atomic E-state index is 13.5. The second-order valence-corrected chi connectivity index (χ2v) is 7.15. The lowest BCUT2D eigenvalue weighted by atomic mass is 10.2. The van der Waals surface area contributed by atoms with Crippen molar-refractivity contribution in [2.75, 3.05) is 5.32 Å². The molecule has 2 N–H and O–H groups in total. The van der Waals surface area contributed by atoms with E-state index in [4.69, 9.17) is 0 Å². The van der Waals surface area contributed by atoms with E-state index in [1.54, 1.807) is 37.3 Å². The summed E-state index contributed by atoms with van der Waals surface area (Å²) in [5.41, 5.74) is 1.44. The van der Waals surface area contributed by atoms with Crippen molar-refractivity contribution in [3.8, 4) is 0 Å². The van der Waals surface area contributed by atoms with E-state index in [9.17, 15) is 17.6 Å². The molecule has 7 heteroatoms. The number of carbonyl (C=O) groups excluding carboxylic acids is 1. The summed E-state index contributed by atoms with van der Waals surface area (Å²) in [6.07, 6.45) is 1.43. The molecule has 2 aromatic carbocycles. The van der Waals surface area contributed by atoms with Crippen molar-refractivity contribution in [3.63, 3.8) is 0 Å². The number of sulfonamides is 1. The van der Waals surface area contributed by atoms with Crippen LogP contribution in [0.5, 0.6) is 0 Å². The van der Waals surface area contributed by atoms with E-state index in [1.807, 2.05) is 6.07 Å². The van der Waals surface area contributed by atoms with Crippen LogP contribution in [0.1, 0.15) is 18.1 Å². The van der Waals surface area contributed by atoms with Gasteiger partial charge in [-0.2, -0.15) is 4.72 Å². The first-order valence-corrected chi connectivity index (χ1v) is 9.14. The van der Waals surface area contributed by atoms with E-state index in [1.165, 1.54) is 25.1 Å². The van der Waals surface area contributed by atoms with Crippen LogP contribution in [0, 0.1) is 12.7 Å². The predicted molar refractivity (Wildman–Crippen MR) is 96.8 cm³/mol. The molecule has 0 aliphatic heterocycles. The third-order valence-electron chi connectivity index (χ3n) is 3.41. The van der Waals surface area contributed by atoms with Gasteiger partial charge >= 0.3 is 0 Å². The summed E-state index contributed by atoms with van der Waals surface area (Å²) in [6.45, 7) is 3.02. The summed E-state index contributed by atoms with van der Waals surface area (Å²) in [7, 11) is -3.80. The van der Waals surface area contributed by atoms with Gasteiger partial charge in [0.05, 0.1) is 6.04 Å². The highest BCUT2D eigenvalue weighted by Crippen LogP contribution is 2.14. The third-order valence-corrected chi connectivity index (χ3v) is 4.59. The lowest BCUT2D eigenvalue weighted by molar-refractivity contribution is -0.117. The van der Waals surface area contributed by atoms with E-state index >= 15 is 0 Å². The van der Waals surface area contributed by atoms with Crippen molar-refractivity contribution in [2.45, 2.75) is 19.9 Å². The molecule has 1 unspecified atom stereocenters. The molecule has 0 heterocycles. The van der Waals surface area contributed by atoms with Crippen molar-refractivity contribution in [2.24, 2.45) is 0 Å². The molecule has 0 aromatic heterocycles. The lowest BCUT2D eigenvalue weighted by Gasteiger charge is -2.13. The summed E-state index contributed by atoms with van der Waals surface area (Å²) < 4.78 is 39.8. The van der Waals surface area contributed by atoms with Crippen LogP contribution in [0.25, 0.3) is 6.08 Å². The van der Waals surface area contributed by atoms with E-state index in [-0.39, 0.29) is 5.69 Å². The Morgan fingerprint density at radius 1 is 1.16 bits per heavy atom. The Hall–Kier alpha value is -2.51. The molecule has 0 saturated heterocycles. The molecule has 1 atom stereocenters. The monoisotopic (exact) mass is 362 g/mol. The molecule has 25 heavy (non-hydrogen) atoms. The number of rotatable bonds is 6. The first-order valence-electron chi connectivity index (χ1n) is 7.59. The minimum Gasteiger partial charge on any atom is -0.325 e. The van der Waals surface area contributed by atoms with Crippen LogP contribution in [-0.2, 0) is 14.8 Å². The Balaban J connectivity index is 1.99. The summed E-state index contributed by atoms with van der Waals surface area (Å²) in [5.74, 6) is -1.03. The van der Waals surface area contributed by atoms with Gasteiger partial charge in [0.15, 0.2) is 0 Å². The molecule has 5 nitrogen and oxygen atoms in total. The Morgan fingerprint density at radius 2 is 1.84 bits per heavy atom. The minimum absolute atomic E-state index is 0.263. The van der Waals surface area contributed by atoms with Crippen molar-refractivity contribution in [1.29, 1.82) is 0 Å². The molecule has 0 fully saturated rings. The van der Waals surface area contributed by atoms with Gasteiger partial charge in [-0.25, -0.2) is 12.8 Å². The second kappa shape index (κ2) is 8.04. The number of halogens is 1. The zero-order valence-corrected chi connectivity index (χ0v) is 14.7. The Kier molecular flexibility index (Phi) is 6.06. The van der Waals surface area contributed by atoms with Crippen LogP contribution >= 0.6 is 0 Å². The van der Waals surface area contributed by atoms with Gasteiger partial charge < -0.3 is 5.32 Å². The molecule has 0 radical (unpaired) electrons. The molecular weight excluding hydrogens is 343 g/mol. The number of nitrogens with one attached hydrogen (secondary N) is 2. The standard InChI is InChI=1S/C18H19FN2O3S/c1-13-8-9-16(12-17(13)19)20-18(22)14(2)21-25(23,24)11-10-15-6-4-3-5-7-15/h3-12,14,21H,1-2H3,(H,20,22). The number of anilines is 1. The molecule has 2 aromatic rings. The van der Waals surface area contributed by atoms with E-state index in [0.29, 0.717) is 5.56 Å². The topological polar surface area (TPSA) is 75.3 Å². The van der Waals surface area contributed by atoms with Gasteiger partial charge in [0.1, 0.15) is 5.82 Å². The highest BCUT2D eigenvalue weighted by atomic mass is 32.2. The number of aryl methyl sites for hydroxylation is 1. The van der Waals surface area contributed by atoms with Crippen LogP contribution in [-0.4, -0.2) is 20.4 Å². The smallest absolute Gasteiger partial charge is 0.242 e. The fourth-order valence-corrected chi connectivity index (χ4v) is 3.01. The van der Waals surface area contributed by atoms with Crippen LogP contribution in [0.15, 0.2) is 53.9 Å². The second-order valence-electron chi connectivity index (χ2n) is 5.55. The average molecular weight is 362 g/mol. The largest absolute Gasteiger partial charge is 0.325 e. The molecule has 0 bridgehead atoms. The zero-order chi connectivity index (χ0) is 18.4. The van der Waals surface area contributed by atoms with Crippen LogP contribution < -0.4 is 10.0 Å². The first-order chi connectivity index (χ1) is 11.8. The van der Waals surface area contributed by atoms with E-state index in [0.717, 1.165) is 11.0 Å². The van der Waals surface area contributed by atoms with Crippen molar-refractivity contribution in [3.05, 3.63) is 70.9 Å². The average Bonchev–Trinajstić information content (AvgIpc) is 2.57. The Bertz CT molecular complexity index is 880.